The van der Waals surface area contributed by atoms with E-state index in [0.717, 1.165) is 12.8 Å². The molecule has 0 bridgehead atoms. The molecule has 0 aromatic rings. The van der Waals surface area contributed by atoms with Gasteiger partial charge in [0.05, 0.1) is 12.5 Å². The minimum Gasteiger partial charge on any atom is -0.493 e. The van der Waals surface area contributed by atoms with Crippen LogP contribution in [0.2, 0.25) is 0 Å². The van der Waals surface area contributed by atoms with Gasteiger partial charge in [-0.2, -0.15) is 5.10 Å². The molecule has 2 amide bonds. The number of nitrogens with one attached hydrogen (secondary N) is 1. The van der Waals surface area contributed by atoms with Crippen LogP contribution in [0.4, 0.5) is 4.79 Å². The molecule has 5 heteroatoms. The van der Waals surface area contributed by atoms with E-state index in [0.29, 0.717) is 0 Å². The molecular weight excluding hydrogens is 158 g/mol. The van der Waals surface area contributed by atoms with Crippen molar-refractivity contribution < 1.29 is 9.53 Å². The number of primary amides is 1. The Morgan fingerprint density at radius 3 is 3.25 bits per heavy atom. The van der Waals surface area contributed by atoms with Crippen molar-refractivity contribution in [2.75, 3.05) is 0 Å². The number of hydrogen-bond acceptors (Lipinski definition) is 3. The molecule has 5 nitrogen and oxygen atoms in total. The first kappa shape index (κ1) is 8.58. The molecule has 0 aromatic carbocycles. The first-order chi connectivity index (χ1) is 5.79. The van der Waals surface area contributed by atoms with Crippen LogP contribution in [-0.2, 0) is 4.74 Å². The number of ether oxygens (including phenoxy) is 1. The maximum atomic E-state index is 10.2. The van der Waals surface area contributed by atoms with E-state index in [4.69, 9.17) is 10.5 Å². The maximum absolute atomic E-state index is 10.2. The van der Waals surface area contributed by atoms with E-state index in [-0.39, 0.29) is 6.10 Å². The Labute approximate surface area is 70.3 Å². The fraction of sp³-hybridized carbons (Fsp3) is 0.429. The largest absolute Gasteiger partial charge is 0.493 e. The monoisotopic (exact) mass is 169 g/mol. The topological polar surface area (TPSA) is 76.7 Å². The second kappa shape index (κ2) is 4.38. The zero-order chi connectivity index (χ0) is 8.81. The molecular formula is C7H11N3O2. The third kappa shape index (κ3) is 3.05. The van der Waals surface area contributed by atoms with Gasteiger partial charge in [0.2, 0.25) is 0 Å². The number of nitrogens with two attached hydrogens (primary N) is 1. The Balaban J connectivity index is 2.25. The summed E-state index contributed by atoms with van der Waals surface area (Å²) in [6.07, 6.45) is 6.87. The molecule has 0 aromatic heterocycles. The Hall–Kier alpha value is -1.52. The molecule has 0 radical (unpaired) electrons. The van der Waals surface area contributed by atoms with Crippen LogP contribution in [0.3, 0.4) is 0 Å². The molecule has 0 saturated heterocycles. The average Bonchev–Trinajstić information content (AvgIpc) is 2.05. The third-order valence-corrected chi connectivity index (χ3v) is 1.38. The van der Waals surface area contributed by atoms with Crippen molar-refractivity contribution in [2.24, 2.45) is 10.8 Å². The number of carbonyl (C=O) groups is 1. The lowest BCUT2D eigenvalue weighted by molar-refractivity contribution is 0.184. The SMILES string of the molecule is NC(=O)NN=CC1CCC=CO1. The van der Waals surface area contributed by atoms with Crippen LogP contribution in [0, 0.1) is 0 Å². The highest BCUT2D eigenvalue weighted by atomic mass is 16.5. The van der Waals surface area contributed by atoms with Crippen molar-refractivity contribution in [3.05, 3.63) is 12.3 Å². The number of nitrogens with zero attached hydrogens (tertiary/aromatic N) is 1. The fourth-order valence-corrected chi connectivity index (χ4v) is 0.847. The van der Waals surface area contributed by atoms with Crippen LogP contribution >= 0.6 is 0 Å². The highest BCUT2D eigenvalue weighted by Gasteiger charge is 2.06. The summed E-state index contributed by atoms with van der Waals surface area (Å²) in [6.45, 7) is 0. The molecule has 0 fully saturated rings. The van der Waals surface area contributed by atoms with Crippen LogP contribution < -0.4 is 11.2 Å². The Morgan fingerprint density at radius 2 is 2.67 bits per heavy atom. The van der Waals surface area contributed by atoms with E-state index >= 15 is 0 Å². The quantitative estimate of drug-likeness (QED) is 0.461. The van der Waals surface area contributed by atoms with Gasteiger partial charge in [-0.25, -0.2) is 10.2 Å². The normalized spacial score (nSPS) is 22.2. The van der Waals surface area contributed by atoms with E-state index in [9.17, 15) is 4.79 Å². The fourth-order valence-electron chi connectivity index (χ4n) is 0.847. The molecule has 1 aliphatic rings. The van der Waals surface area contributed by atoms with E-state index in [1.165, 1.54) is 6.21 Å². The summed E-state index contributed by atoms with van der Waals surface area (Å²) >= 11 is 0. The van der Waals surface area contributed by atoms with Crippen LogP contribution in [0.25, 0.3) is 0 Å². The molecule has 1 aliphatic heterocycles. The van der Waals surface area contributed by atoms with Crippen LogP contribution in [0.5, 0.6) is 0 Å². The predicted octanol–water partition coefficient (Wildman–Crippen LogP) is 0.333. The summed E-state index contributed by atoms with van der Waals surface area (Å²) in [6, 6.07) is -0.669. The summed E-state index contributed by atoms with van der Waals surface area (Å²) in [5.74, 6) is 0. The Morgan fingerprint density at radius 1 is 1.83 bits per heavy atom. The molecule has 1 heterocycles. The minimum absolute atomic E-state index is 0.0538. The second-order valence-electron chi connectivity index (χ2n) is 2.38. The van der Waals surface area contributed by atoms with Crippen LogP contribution in [0.1, 0.15) is 12.8 Å². The van der Waals surface area contributed by atoms with Crippen LogP contribution in [-0.4, -0.2) is 18.3 Å². The minimum atomic E-state index is -0.669. The summed E-state index contributed by atoms with van der Waals surface area (Å²) < 4.78 is 5.14. The first-order valence-corrected chi connectivity index (χ1v) is 3.68. The lowest BCUT2D eigenvalue weighted by Crippen LogP contribution is -2.26. The van der Waals surface area contributed by atoms with Gasteiger partial charge in [-0.1, -0.05) is 0 Å². The number of rotatable bonds is 2. The van der Waals surface area contributed by atoms with Crippen LogP contribution in [0.15, 0.2) is 17.4 Å². The van der Waals surface area contributed by atoms with Crippen molar-refractivity contribution in [3.8, 4) is 0 Å². The van der Waals surface area contributed by atoms with E-state index in [1.54, 1.807) is 6.26 Å². The van der Waals surface area contributed by atoms with Crippen molar-refractivity contribution in [1.29, 1.82) is 0 Å². The molecule has 66 valence electrons. The number of urea groups is 1. The van der Waals surface area contributed by atoms with Gasteiger partial charge >= 0.3 is 6.03 Å². The molecule has 0 saturated carbocycles. The van der Waals surface area contributed by atoms with Gasteiger partial charge < -0.3 is 10.5 Å². The first-order valence-electron chi connectivity index (χ1n) is 3.68. The molecule has 3 N–H and O–H groups in total. The third-order valence-electron chi connectivity index (χ3n) is 1.38. The number of amides is 2. The molecule has 1 rings (SSSR count). The van der Waals surface area contributed by atoms with Gasteiger partial charge in [0, 0.05) is 0 Å². The van der Waals surface area contributed by atoms with E-state index in [1.807, 2.05) is 6.08 Å². The van der Waals surface area contributed by atoms with Crippen molar-refractivity contribution in [2.45, 2.75) is 18.9 Å². The molecule has 0 spiro atoms. The molecule has 1 atom stereocenters. The van der Waals surface area contributed by atoms with Gasteiger partial charge in [0.1, 0.15) is 6.10 Å². The van der Waals surface area contributed by atoms with Gasteiger partial charge in [-0.15, -0.1) is 0 Å². The highest BCUT2D eigenvalue weighted by molar-refractivity contribution is 5.73. The zero-order valence-corrected chi connectivity index (χ0v) is 6.56. The summed E-state index contributed by atoms with van der Waals surface area (Å²) in [5.41, 5.74) is 6.89. The lowest BCUT2D eigenvalue weighted by atomic mass is 10.2. The summed E-state index contributed by atoms with van der Waals surface area (Å²) in [4.78, 5) is 10.2. The van der Waals surface area contributed by atoms with E-state index < -0.39 is 6.03 Å². The lowest BCUT2D eigenvalue weighted by Gasteiger charge is -2.13. The van der Waals surface area contributed by atoms with Gasteiger partial charge in [-0.3, -0.25) is 0 Å². The van der Waals surface area contributed by atoms with Gasteiger partial charge in [0.25, 0.3) is 0 Å². The highest BCUT2D eigenvalue weighted by Crippen LogP contribution is 2.07. The maximum Gasteiger partial charge on any atom is 0.332 e. The zero-order valence-electron chi connectivity index (χ0n) is 6.56. The molecule has 12 heavy (non-hydrogen) atoms. The van der Waals surface area contributed by atoms with Gasteiger partial charge in [0.15, 0.2) is 0 Å². The average molecular weight is 169 g/mol. The van der Waals surface area contributed by atoms with Gasteiger partial charge in [-0.05, 0) is 18.9 Å². The number of hydrogen-bond donors (Lipinski definition) is 2. The summed E-state index contributed by atoms with van der Waals surface area (Å²) in [7, 11) is 0. The van der Waals surface area contributed by atoms with Crippen molar-refractivity contribution in [3.63, 3.8) is 0 Å². The predicted molar refractivity (Wildman–Crippen MR) is 44.5 cm³/mol. The smallest absolute Gasteiger partial charge is 0.332 e. The Kier molecular flexibility index (Phi) is 3.13. The number of allylic oxidation sites excluding steroid dienone is 1. The van der Waals surface area contributed by atoms with Crippen molar-refractivity contribution >= 4 is 12.2 Å². The molecule has 1 unspecified atom stereocenters. The summed E-state index contributed by atoms with van der Waals surface area (Å²) in [5, 5.41) is 3.59. The van der Waals surface area contributed by atoms with Crippen molar-refractivity contribution in [1.82, 2.24) is 5.43 Å². The molecule has 0 aliphatic carbocycles. The Bertz CT molecular complexity index is 213. The number of carbonyl (C=O) groups excluding carboxylic acids is 1. The number of hydrazone groups is 1. The second-order valence-corrected chi connectivity index (χ2v) is 2.38. The van der Waals surface area contributed by atoms with E-state index in [2.05, 4.69) is 10.5 Å². The standard InChI is InChI=1S/C7H11N3O2/c8-7(11)10-9-5-6-3-1-2-4-12-6/h2,4-6H,1,3H2,(H3,8,10,11).